The SMILES string of the molecule is CCCCCCCCCCCCCCCCC/C=C\CCCOP(=O)(O)C(CCC)[N+](C)(C)C. The van der Waals surface area contributed by atoms with Crippen molar-refractivity contribution in [2.45, 2.75) is 148 Å². The van der Waals surface area contributed by atoms with Gasteiger partial charge in [0.25, 0.3) is 0 Å². The third kappa shape index (κ3) is 20.1. The zero-order valence-corrected chi connectivity index (χ0v) is 24.6. The Morgan fingerprint density at radius 3 is 1.50 bits per heavy atom. The van der Waals surface area contributed by atoms with Crippen LogP contribution in [0.15, 0.2) is 12.2 Å². The Hall–Kier alpha value is -0.150. The van der Waals surface area contributed by atoms with Crippen molar-refractivity contribution in [3.05, 3.63) is 12.2 Å². The third-order valence-electron chi connectivity index (χ3n) is 6.75. The zero-order valence-electron chi connectivity index (χ0n) is 23.7. The number of hydrogen-bond donors (Lipinski definition) is 1. The van der Waals surface area contributed by atoms with E-state index in [-0.39, 0.29) is 5.78 Å². The van der Waals surface area contributed by atoms with Gasteiger partial charge in [0, 0.05) is 6.42 Å². The molecule has 0 aromatic carbocycles. The molecule has 0 radical (unpaired) electrons. The molecule has 0 saturated heterocycles. The van der Waals surface area contributed by atoms with Gasteiger partial charge in [0.1, 0.15) is 0 Å². The smallest absolute Gasteiger partial charge is 0.320 e. The minimum absolute atomic E-state index is 0.349. The molecule has 0 fully saturated rings. The molecule has 5 heteroatoms. The highest BCUT2D eigenvalue weighted by Crippen LogP contribution is 2.51. The van der Waals surface area contributed by atoms with Gasteiger partial charge in [-0.3, -0.25) is 4.57 Å². The van der Waals surface area contributed by atoms with Crippen LogP contribution in [-0.4, -0.2) is 42.9 Å². The Morgan fingerprint density at radius 1 is 0.676 bits per heavy atom. The van der Waals surface area contributed by atoms with E-state index in [1.54, 1.807) is 0 Å². The lowest BCUT2D eigenvalue weighted by molar-refractivity contribution is -0.883. The largest absolute Gasteiger partial charge is 0.385 e. The van der Waals surface area contributed by atoms with Crippen molar-refractivity contribution >= 4 is 7.60 Å². The fourth-order valence-corrected chi connectivity index (χ4v) is 6.62. The molecule has 0 aromatic rings. The maximum absolute atomic E-state index is 12.7. The van der Waals surface area contributed by atoms with Crippen molar-refractivity contribution in [3.8, 4) is 0 Å². The second kappa shape index (κ2) is 22.1. The van der Waals surface area contributed by atoms with E-state index >= 15 is 0 Å². The Labute approximate surface area is 214 Å². The van der Waals surface area contributed by atoms with Crippen LogP contribution in [0.25, 0.3) is 0 Å². The van der Waals surface area contributed by atoms with Crippen molar-refractivity contribution in [3.63, 3.8) is 0 Å². The molecule has 0 amide bonds. The van der Waals surface area contributed by atoms with Crippen LogP contribution >= 0.6 is 7.60 Å². The van der Waals surface area contributed by atoms with E-state index in [4.69, 9.17) is 4.52 Å². The fourth-order valence-electron chi connectivity index (χ4n) is 4.60. The summed E-state index contributed by atoms with van der Waals surface area (Å²) in [6.45, 7) is 4.69. The van der Waals surface area contributed by atoms with Crippen molar-refractivity contribution in [1.82, 2.24) is 0 Å². The Bertz CT molecular complexity index is 516. The lowest BCUT2D eigenvalue weighted by Crippen LogP contribution is -2.45. The van der Waals surface area contributed by atoms with E-state index < -0.39 is 7.60 Å². The van der Waals surface area contributed by atoms with Gasteiger partial charge in [-0.15, -0.1) is 0 Å². The van der Waals surface area contributed by atoms with Gasteiger partial charge in [-0.2, -0.15) is 0 Å². The first-order chi connectivity index (χ1) is 16.3. The molecule has 0 saturated carbocycles. The molecule has 204 valence electrons. The van der Waals surface area contributed by atoms with Crippen LogP contribution in [0.4, 0.5) is 0 Å². The van der Waals surface area contributed by atoms with E-state index in [0.717, 1.165) is 25.7 Å². The van der Waals surface area contributed by atoms with E-state index in [1.807, 2.05) is 28.1 Å². The minimum atomic E-state index is -3.59. The summed E-state index contributed by atoms with van der Waals surface area (Å²) in [6.07, 6.45) is 30.0. The lowest BCUT2D eigenvalue weighted by atomic mass is 10.0. The van der Waals surface area contributed by atoms with Gasteiger partial charge in [-0.25, -0.2) is 0 Å². The molecule has 34 heavy (non-hydrogen) atoms. The van der Waals surface area contributed by atoms with Gasteiger partial charge < -0.3 is 13.9 Å². The number of quaternary nitrogens is 1. The van der Waals surface area contributed by atoms with Crippen LogP contribution < -0.4 is 0 Å². The number of hydrogen-bond acceptors (Lipinski definition) is 2. The van der Waals surface area contributed by atoms with Gasteiger partial charge in [0.15, 0.2) is 5.78 Å². The fraction of sp³-hybridized carbons (Fsp3) is 0.931. The van der Waals surface area contributed by atoms with Gasteiger partial charge in [-0.05, 0) is 32.1 Å². The molecule has 4 nitrogen and oxygen atoms in total. The topological polar surface area (TPSA) is 46.5 Å². The summed E-state index contributed by atoms with van der Waals surface area (Å²) in [4.78, 5) is 10.4. The molecule has 2 atom stereocenters. The Balaban J connectivity index is 3.51. The molecule has 0 aliphatic rings. The molecule has 0 aliphatic heterocycles. The molecule has 0 aliphatic carbocycles. The second-order valence-electron chi connectivity index (χ2n) is 11.1. The van der Waals surface area contributed by atoms with Gasteiger partial charge >= 0.3 is 7.60 Å². The standard InChI is InChI=1S/C29H60NO3P/c1-6-8-9-10-11-12-13-14-15-16-17-18-19-20-21-22-23-24-25-26-28-33-34(31,32)29(27-7-2)30(3,4)5/h23-24,29H,6-22,25-28H2,1-5H3/p+1/b24-23-. The highest BCUT2D eigenvalue weighted by atomic mass is 31.2. The first kappa shape index (κ1) is 33.8. The number of rotatable bonds is 25. The molecule has 0 rings (SSSR count). The van der Waals surface area contributed by atoms with Crippen LogP contribution in [0.3, 0.4) is 0 Å². The molecular formula is C29H61NO3P+. The predicted octanol–water partition coefficient (Wildman–Crippen LogP) is 9.62. The quantitative estimate of drug-likeness (QED) is 0.0585. The van der Waals surface area contributed by atoms with Crippen molar-refractivity contribution in [2.75, 3.05) is 27.7 Å². The predicted molar refractivity (Wildman–Crippen MR) is 150 cm³/mol. The Morgan fingerprint density at radius 2 is 1.09 bits per heavy atom. The van der Waals surface area contributed by atoms with E-state index in [0.29, 0.717) is 17.5 Å². The van der Waals surface area contributed by atoms with Crippen LogP contribution in [-0.2, 0) is 9.09 Å². The van der Waals surface area contributed by atoms with Gasteiger partial charge in [0.2, 0.25) is 0 Å². The highest BCUT2D eigenvalue weighted by molar-refractivity contribution is 7.53. The van der Waals surface area contributed by atoms with Crippen LogP contribution in [0.5, 0.6) is 0 Å². The summed E-state index contributed by atoms with van der Waals surface area (Å²) in [5.41, 5.74) is 0. The average Bonchev–Trinajstić information content (AvgIpc) is 2.77. The molecule has 1 N–H and O–H groups in total. The third-order valence-corrected chi connectivity index (χ3v) is 9.01. The number of nitrogens with zero attached hydrogens (tertiary/aromatic N) is 1. The summed E-state index contributed by atoms with van der Waals surface area (Å²) in [6, 6.07) is 0. The summed E-state index contributed by atoms with van der Waals surface area (Å²) in [5.74, 6) is -0.349. The highest BCUT2D eigenvalue weighted by Gasteiger charge is 2.41. The molecular weight excluding hydrogens is 441 g/mol. The first-order valence-corrected chi connectivity index (χ1v) is 16.3. The van der Waals surface area contributed by atoms with Crippen molar-refractivity contribution in [1.29, 1.82) is 0 Å². The van der Waals surface area contributed by atoms with E-state index in [1.165, 1.54) is 96.3 Å². The number of unbranched alkanes of at least 4 members (excludes halogenated alkanes) is 16. The zero-order chi connectivity index (χ0) is 25.5. The maximum Gasteiger partial charge on any atom is 0.385 e. The second-order valence-corrected chi connectivity index (χ2v) is 13.1. The van der Waals surface area contributed by atoms with Gasteiger partial charge in [0.05, 0.1) is 27.7 Å². The first-order valence-electron chi connectivity index (χ1n) is 14.7. The average molecular weight is 503 g/mol. The molecule has 0 heterocycles. The monoisotopic (exact) mass is 502 g/mol. The van der Waals surface area contributed by atoms with Crippen molar-refractivity contribution < 1.29 is 18.5 Å². The summed E-state index contributed by atoms with van der Waals surface area (Å²) >= 11 is 0. The normalized spacial score (nSPS) is 15.1. The molecule has 0 bridgehead atoms. The summed E-state index contributed by atoms with van der Waals surface area (Å²) in [7, 11) is 2.31. The molecule has 0 aromatic heterocycles. The van der Waals surface area contributed by atoms with E-state index in [9.17, 15) is 9.46 Å². The van der Waals surface area contributed by atoms with E-state index in [2.05, 4.69) is 19.1 Å². The maximum atomic E-state index is 12.7. The summed E-state index contributed by atoms with van der Waals surface area (Å²) < 4.78 is 18.6. The number of allylic oxidation sites excluding steroid dienone is 2. The van der Waals surface area contributed by atoms with Crippen LogP contribution in [0.1, 0.15) is 142 Å². The molecule has 2 unspecified atom stereocenters. The van der Waals surface area contributed by atoms with Crippen LogP contribution in [0.2, 0.25) is 0 Å². The van der Waals surface area contributed by atoms with Gasteiger partial charge in [-0.1, -0.05) is 116 Å². The summed E-state index contributed by atoms with van der Waals surface area (Å²) in [5, 5.41) is 0. The lowest BCUT2D eigenvalue weighted by Gasteiger charge is -2.35. The minimum Gasteiger partial charge on any atom is -0.320 e. The Kier molecular flexibility index (Phi) is 22.0. The molecule has 0 spiro atoms. The van der Waals surface area contributed by atoms with Crippen LogP contribution in [0, 0.1) is 0 Å². The van der Waals surface area contributed by atoms with Crippen molar-refractivity contribution in [2.24, 2.45) is 0 Å².